The summed E-state index contributed by atoms with van der Waals surface area (Å²) in [5, 5.41) is 5.53. The highest BCUT2D eigenvalue weighted by Crippen LogP contribution is 2.45. The number of carbonyl (C=O) groups excluding carboxylic acids is 1. The fraction of sp³-hybridized carbons (Fsp3) is 0.368. The molecule has 166 valence electrons. The van der Waals surface area contributed by atoms with Crippen LogP contribution in [0.1, 0.15) is 29.8 Å². The molecule has 2 aromatic rings. The number of ether oxygens (including phenoxy) is 1. The molecule has 3 heterocycles. The lowest BCUT2D eigenvalue weighted by atomic mass is 9.89. The molecular weight excluding hydrogens is 435 g/mol. The van der Waals surface area contributed by atoms with Crippen LogP contribution < -0.4 is 5.32 Å². The summed E-state index contributed by atoms with van der Waals surface area (Å²) in [6.45, 7) is 0. The summed E-state index contributed by atoms with van der Waals surface area (Å²) in [7, 11) is 1.27. The number of fused-ring (bicyclic) bond motifs is 2. The number of aryl methyl sites for hydroxylation is 1. The van der Waals surface area contributed by atoms with Crippen molar-refractivity contribution in [2.75, 3.05) is 5.32 Å². The minimum absolute atomic E-state index is 0.00538. The Hall–Kier alpha value is -2.89. The normalized spacial score (nSPS) is 21.2. The van der Waals surface area contributed by atoms with E-state index in [1.165, 1.54) is 7.05 Å². The highest BCUT2D eigenvalue weighted by molar-refractivity contribution is 6.11. The number of hydrogen-bond acceptors (Lipinski definition) is 3. The number of alkyl halides is 6. The van der Waals surface area contributed by atoms with Crippen molar-refractivity contribution in [2.24, 2.45) is 7.05 Å². The number of rotatable bonds is 3. The molecule has 4 rings (SSSR count). The number of hydrogen-bond donors (Lipinski definition) is 1. The zero-order valence-corrected chi connectivity index (χ0v) is 15.7. The maximum Gasteiger partial charge on any atom is 0.435 e. The molecule has 0 radical (unpaired) electrons. The molecule has 2 bridgehead atoms. The third-order valence-corrected chi connectivity index (χ3v) is 5.20. The summed E-state index contributed by atoms with van der Waals surface area (Å²) in [6, 6.07) is 3.20. The highest BCUT2D eigenvalue weighted by atomic mass is 19.4. The van der Waals surface area contributed by atoms with Crippen molar-refractivity contribution >= 4 is 17.2 Å². The van der Waals surface area contributed by atoms with Crippen molar-refractivity contribution in [2.45, 2.75) is 37.4 Å². The average Bonchev–Trinajstić information content (AvgIpc) is 3.35. The van der Waals surface area contributed by atoms with E-state index >= 15 is 0 Å². The van der Waals surface area contributed by atoms with E-state index in [4.69, 9.17) is 4.74 Å². The second-order valence-corrected chi connectivity index (χ2v) is 7.17. The van der Waals surface area contributed by atoms with Crippen molar-refractivity contribution in [1.29, 1.82) is 0 Å². The second kappa shape index (κ2) is 7.08. The van der Waals surface area contributed by atoms with Crippen molar-refractivity contribution in [3.05, 3.63) is 52.6 Å². The van der Waals surface area contributed by atoms with Crippen molar-refractivity contribution < 1.29 is 40.3 Å². The average molecular weight is 449 g/mol. The van der Waals surface area contributed by atoms with Gasteiger partial charge in [-0.15, -0.1) is 0 Å². The van der Waals surface area contributed by atoms with E-state index in [-0.39, 0.29) is 16.8 Å². The fourth-order valence-electron chi connectivity index (χ4n) is 3.88. The Bertz CT molecular complexity index is 1090. The molecule has 1 fully saturated rings. The topological polar surface area (TPSA) is 56.2 Å². The number of nitrogens with one attached hydrogen (secondary N) is 1. The maximum absolute atomic E-state index is 14.3. The number of aromatic nitrogens is 2. The van der Waals surface area contributed by atoms with Crippen LogP contribution >= 0.6 is 0 Å². The lowest BCUT2D eigenvalue weighted by Gasteiger charge is -2.18. The van der Waals surface area contributed by atoms with Crippen molar-refractivity contribution in [3.8, 4) is 0 Å². The van der Waals surface area contributed by atoms with Crippen LogP contribution in [0.15, 0.2) is 29.8 Å². The largest absolute Gasteiger partial charge is 0.435 e. The van der Waals surface area contributed by atoms with Gasteiger partial charge >= 0.3 is 12.4 Å². The van der Waals surface area contributed by atoms with E-state index < -0.39 is 53.2 Å². The Morgan fingerprint density at radius 2 is 1.81 bits per heavy atom. The van der Waals surface area contributed by atoms with Gasteiger partial charge in [0.25, 0.3) is 5.91 Å². The molecule has 5 nitrogen and oxygen atoms in total. The molecule has 2 unspecified atom stereocenters. The Balaban J connectivity index is 1.74. The van der Waals surface area contributed by atoms with E-state index in [9.17, 15) is 35.5 Å². The molecule has 31 heavy (non-hydrogen) atoms. The SMILES string of the molecule is Cn1nc(C(F)(F)F)cc1C1=C(C(=O)Nc2cccc(C(F)(F)F)c2F)C2CCC1O2. The first-order valence-electron chi connectivity index (χ1n) is 9.06. The Morgan fingerprint density at radius 1 is 1.13 bits per heavy atom. The maximum atomic E-state index is 14.3. The van der Waals surface area contributed by atoms with Crippen LogP contribution in [0.4, 0.5) is 36.4 Å². The predicted molar refractivity (Wildman–Crippen MR) is 93.1 cm³/mol. The zero-order chi connectivity index (χ0) is 22.7. The Morgan fingerprint density at radius 3 is 2.42 bits per heavy atom. The van der Waals surface area contributed by atoms with Gasteiger partial charge in [0.1, 0.15) is 0 Å². The summed E-state index contributed by atoms with van der Waals surface area (Å²) >= 11 is 0. The lowest BCUT2D eigenvalue weighted by Crippen LogP contribution is -2.24. The van der Waals surface area contributed by atoms with E-state index in [1.807, 2.05) is 0 Å². The quantitative estimate of drug-likeness (QED) is 0.700. The van der Waals surface area contributed by atoms with Crippen LogP contribution in [-0.2, 0) is 28.9 Å². The van der Waals surface area contributed by atoms with E-state index in [2.05, 4.69) is 10.4 Å². The summed E-state index contributed by atoms with van der Waals surface area (Å²) < 4.78 is 98.8. The number of nitrogens with zero attached hydrogens (tertiary/aromatic N) is 2. The van der Waals surface area contributed by atoms with Gasteiger partial charge in [0.15, 0.2) is 11.5 Å². The molecule has 12 heteroatoms. The van der Waals surface area contributed by atoms with Gasteiger partial charge in [-0.2, -0.15) is 31.4 Å². The van der Waals surface area contributed by atoms with E-state index in [0.717, 1.165) is 22.9 Å². The third kappa shape index (κ3) is 3.68. The van der Waals surface area contributed by atoms with Gasteiger partial charge in [-0.3, -0.25) is 9.48 Å². The minimum atomic E-state index is -4.96. The predicted octanol–water partition coefficient (Wildman–Crippen LogP) is 4.55. The van der Waals surface area contributed by atoms with Crippen LogP contribution in [0.3, 0.4) is 0 Å². The molecule has 2 atom stereocenters. The van der Waals surface area contributed by atoms with Crippen LogP contribution in [0.2, 0.25) is 0 Å². The van der Waals surface area contributed by atoms with Gasteiger partial charge in [-0.1, -0.05) is 6.07 Å². The summed E-state index contributed by atoms with van der Waals surface area (Å²) in [5.41, 5.74) is -3.31. The molecule has 1 amide bonds. The van der Waals surface area contributed by atoms with Gasteiger partial charge in [0.05, 0.1) is 34.7 Å². The smallest absolute Gasteiger partial charge is 0.365 e. The van der Waals surface area contributed by atoms with Gasteiger partial charge in [0.2, 0.25) is 0 Å². The molecular formula is C19H14F7N3O2. The highest BCUT2D eigenvalue weighted by Gasteiger charge is 2.46. The standard InChI is InChI=1S/C19H14F7N3O2/c1-29-10(7-13(28-29)19(24,25)26)14-11-5-6-12(31-11)15(14)17(30)27-9-4-2-3-8(16(9)20)18(21,22)23/h2-4,7,11-12H,5-6H2,1H3,(H,27,30). The second-order valence-electron chi connectivity index (χ2n) is 7.17. The molecule has 1 N–H and O–H groups in total. The van der Waals surface area contributed by atoms with Crippen LogP contribution in [0, 0.1) is 5.82 Å². The number of benzene rings is 1. The summed E-state index contributed by atoms with van der Waals surface area (Å²) in [5.74, 6) is -2.61. The molecule has 0 aliphatic carbocycles. The van der Waals surface area contributed by atoms with Gasteiger partial charge in [-0.05, 0) is 31.0 Å². The zero-order valence-electron chi connectivity index (χ0n) is 15.7. The molecule has 1 aromatic heterocycles. The Kier molecular flexibility index (Phi) is 4.87. The summed E-state index contributed by atoms with van der Waals surface area (Å²) in [6.07, 6.45) is -10.3. The summed E-state index contributed by atoms with van der Waals surface area (Å²) in [4.78, 5) is 12.9. The molecule has 1 saturated heterocycles. The number of halogens is 7. The monoisotopic (exact) mass is 449 g/mol. The van der Waals surface area contributed by atoms with Gasteiger partial charge < -0.3 is 10.1 Å². The van der Waals surface area contributed by atoms with E-state index in [1.54, 1.807) is 0 Å². The number of amides is 1. The lowest BCUT2D eigenvalue weighted by molar-refractivity contribution is -0.141. The van der Waals surface area contributed by atoms with Crippen LogP contribution in [0.5, 0.6) is 0 Å². The third-order valence-electron chi connectivity index (χ3n) is 5.20. The van der Waals surface area contributed by atoms with Crippen LogP contribution in [-0.4, -0.2) is 27.9 Å². The van der Waals surface area contributed by atoms with Crippen molar-refractivity contribution in [3.63, 3.8) is 0 Å². The van der Waals surface area contributed by atoms with Crippen LogP contribution in [0.25, 0.3) is 5.57 Å². The fourth-order valence-corrected chi connectivity index (χ4v) is 3.88. The van der Waals surface area contributed by atoms with Crippen molar-refractivity contribution in [1.82, 2.24) is 9.78 Å². The number of carbonyl (C=O) groups is 1. The first kappa shape index (κ1) is 21.3. The minimum Gasteiger partial charge on any atom is -0.365 e. The Labute approximate surface area is 170 Å². The first-order valence-corrected chi connectivity index (χ1v) is 9.06. The number of anilines is 1. The van der Waals surface area contributed by atoms with E-state index in [0.29, 0.717) is 18.9 Å². The van der Waals surface area contributed by atoms with Gasteiger partial charge in [0, 0.05) is 12.6 Å². The molecule has 0 saturated carbocycles. The molecule has 2 aliphatic rings. The molecule has 2 aliphatic heterocycles. The molecule has 1 aromatic carbocycles. The molecule has 0 spiro atoms. The van der Waals surface area contributed by atoms with Gasteiger partial charge in [-0.25, -0.2) is 4.39 Å². The first-order chi connectivity index (χ1) is 14.4.